The lowest BCUT2D eigenvalue weighted by Crippen LogP contribution is -2.25. The third-order valence-electron chi connectivity index (χ3n) is 2.71. The molecule has 0 aliphatic rings. The lowest BCUT2D eigenvalue weighted by atomic mass is 10.1. The van der Waals surface area contributed by atoms with Crippen LogP contribution in [0.5, 0.6) is 0 Å². The number of anilines is 1. The molecule has 0 aliphatic heterocycles. The Hall–Kier alpha value is -1.46. The summed E-state index contributed by atoms with van der Waals surface area (Å²) in [6, 6.07) is 6.91. The van der Waals surface area contributed by atoms with Crippen molar-refractivity contribution in [3.05, 3.63) is 61.5 Å². The average molecular weight is 378 g/mol. The number of halogens is 4. The molecule has 0 aliphatic carbocycles. The Morgan fingerprint density at radius 3 is 2.27 bits per heavy atom. The van der Waals surface area contributed by atoms with Gasteiger partial charge in [0.15, 0.2) is 0 Å². The molecule has 2 aromatic carbocycles. The van der Waals surface area contributed by atoms with Gasteiger partial charge in [-0.25, -0.2) is 0 Å². The molecule has 0 spiro atoms. The van der Waals surface area contributed by atoms with E-state index in [1.54, 1.807) is 0 Å². The molecule has 2 rings (SSSR count). The fourth-order valence-electron chi connectivity index (χ4n) is 1.72. The third-order valence-corrected chi connectivity index (χ3v) is 4.04. The van der Waals surface area contributed by atoms with Crippen LogP contribution in [0.3, 0.4) is 0 Å². The number of hydrogen-bond donors (Lipinski definition) is 1. The summed E-state index contributed by atoms with van der Waals surface area (Å²) in [6.45, 7) is 0. The predicted octanol–water partition coefficient (Wildman–Crippen LogP) is 3.92. The van der Waals surface area contributed by atoms with Crippen molar-refractivity contribution < 1.29 is 14.7 Å². The van der Waals surface area contributed by atoms with Crippen LogP contribution >= 0.6 is 46.4 Å². The second-order valence-corrected chi connectivity index (χ2v) is 5.78. The van der Waals surface area contributed by atoms with E-state index in [0.717, 1.165) is 6.07 Å². The summed E-state index contributed by atoms with van der Waals surface area (Å²) in [5.41, 5.74) is -0.402. The molecule has 0 saturated heterocycles. The Morgan fingerprint density at radius 1 is 0.955 bits per heavy atom. The summed E-state index contributed by atoms with van der Waals surface area (Å²) < 4.78 is 0. The van der Waals surface area contributed by atoms with Gasteiger partial charge in [0, 0.05) is 10.6 Å². The first kappa shape index (κ1) is 16.9. The van der Waals surface area contributed by atoms with E-state index < -0.39 is 11.9 Å². The lowest BCUT2D eigenvalue weighted by Gasteiger charge is -2.15. The first-order valence-corrected chi connectivity index (χ1v) is 7.28. The van der Waals surface area contributed by atoms with Gasteiger partial charge in [-0.2, -0.15) is 0 Å². The van der Waals surface area contributed by atoms with Crippen molar-refractivity contribution >= 4 is 64.0 Å². The molecular weight excluding hydrogens is 372 g/mol. The first-order valence-electron chi connectivity index (χ1n) is 5.77. The van der Waals surface area contributed by atoms with Crippen LogP contribution in [0.15, 0.2) is 30.3 Å². The van der Waals surface area contributed by atoms with Crippen LogP contribution < -0.4 is 10.4 Å². The standard InChI is InChI=1S/C14H7Cl4NO3/c15-6-4-8(14(21)22)12(10(17)5-6)19-13(20)7-2-1-3-9(16)11(7)18/h1-5H,(H,19,20)(H,21,22)/p-1. The number of benzene rings is 2. The molecule has 22 heavy (non-hydrogen) atoms. The average Bonchev–Trinajstić information content (AvgIpc) is 2.44. The number of carboxylic acid groups (broad SMARTS) is 1. The maximum Gasteiger partial charge on any atom is 0.257 e. The quantitative estimate of drug-likeness (QED) is 0.881. The zero-order valence-electron chi connectivity index (χ0n) is 10.6. The van der Waals surface area contributed by atoms with Gasteiger partial charge < -0.3 is 15.2 Å². The Labute approximate surface area is 145 Å². The summed E-state index contributed by atoms with van der Waals surface area (Å²) in [4.78, 5) is 23.4. The van der Waals surface area contributed by atoms with E-state index in [-0.39, 0.29) is 36.9 Å². The van der Waals surface area contributed by atoms with Gasteiger partial charge in [-0.3, -0.25) is 4.79 Å². The van der Waals surface area contributed by atoms with Gasteiger partial charge >= 0.3 is 0 Å². The molecular formula is C14H6Cl4NO3-. The van der Waals surface area contributed by atoms with Gasteiger partial charge in [-0.1, -0.05) is 52.5 Å². The van der Waals surface area contributed by atoms with Crippen LogP contribution in [0.25, 0.3) is 0 Å². The zero-order valence-corrected chi connectivity index (χ0v) is 13.6. The summed E-state index contributed by atoms with van der Waals surface area (Å²) in [6.07, 6.45) is 0. The minimum absolute atomic E-state index is 0.0433. The van der Waals surface area contributed by atoms with Gasteiger partial charge in [-0.05, 0) is 24.3 Å². The normalized spacial score (nSPS) is 10.4. The molecule has 0 radical (unpaired) electrons. The molecule has 0 aromatic heterocycles. The molecule has 1 amide bonds. The lowest BCUT2D eigenvalue weighted by molar-refractivity contribution is -0.254. The Kier molecular flexibility index (Phi) is 5.19. The van der Waals surface area contributed by atoms with E-state index in [2.05, 4.69) is 5.32 Å². The van der Waals surface area contributed by atoms with Gasteiger partial charge in [-0.15, -0.1) is 0 Å². The van der Waals surface area contributed by atoms with E-state index >= 15 is 0 Å². The number of amides is 1. The molecule has 0 atom stereocenters. The maximum absolute atomic E-state index is 12.2. The van der Waals surface area contributed by atoms with Crippen LogP contribution in [-0.4, -0.2) is 11.9 Å². The highest BCUT2D eigenvalue weighted by Crippen LogP contribution is 2.32. The van der Waals surface area contributed by atoms with Crippen molar-refractivity contribution in [3.63, 3.8) is 0 Å². The Balaban J connectivity index is 2.45. The minimum atomic E-state index is -1.53. The molecule has 0 saturated carbocycles. The van der Waals surface area contributed by atoms with Gasteiger partial charge in [0.25, 0.3) is 5.91 Å². The van der Waals surface area contributed by atoms with Crippen LogP contribution in [0.4, 0.5) is 5.69 Å². The largest absolute Gasteiger partial charge is 0.545 e. The van der Waals surface area contributed by atoms with Crippen LogP contribution in [0.2, 0.25) is 20.1 Å². The molecule has 0 fully saturated rings. The molecule has 0 unspecified atom stereocenters. The molecule has 2 aromatic rings. The summed E-state index contributed by atoms with van der Waals surface area (Å²) in [5.74, 6) is -2.20. The zero-order chi connectivity index (χ0) is 16.4. The second-order valence-electron chi connectivity index (χ2n) is 4.15. The van der Waals surface area contributed by atoms with Crippen molar-refractivity contribution in [1.82, 2.24) is 0 Å². The minimum Gasteiger partial charge on any atom is -0.545 e. The van der Waals surface area contributed by atoms with E-state index in [9.17, 15) is 14.7 Å². The second kappa shape index (κ2) is 6.75. The Bertz CT molecular complexity index is 777. The van der Waals surface area contributed by atoms with E-state index in [1.165, 1.54) is 24.3 Å². The highest BCUT2D eigenvalue weighted by Gasteiger charge is 2.17. The van der Waals surface area contributed by atoms with Crippen LogP contribution in [-0.2, 0) is 0 Å². The third kappa shape index (κ3) is 3.47. The number of hydrogen-bond acceptors (Lipinski definition) is 3. The van der Waals surface area contributed by atoms with Crippen molar-refractivity contribution in [2.75, 3.05) is 5.32 Å². The monoisotopic (exact) mass is 376 g/mol. The topological polar surface area (TPSA) is 69.2 Å². The summed E-state index contributed by atoms with van der Waals surface area (Å²) in [5, 5.41) is 13.8. The Morgan fingerprint density at radius 2 is 1.64 bits per heavy atom. The van der Waals surface area contributed by atoms with Crippen molar-refractivity contribution in [2.45, 2.75) is 0 Å². The summed E-state index contributed by atoms with van der Waals surface area (Å²) in [7, 11) is 0. The molecule has 0 bridgehead atoms. The van der Waals surface area contributed by atoms with Crippen molar-refractivity contribution in [3.8, 4) is 0 Å². The maximum atomic E-state index is 12.2. The predicted molar refractivity (Wildman–Crippen MR) is 85.2 cm³/mol. The highest BCUT2D eigenvalue weighted by atomic mass is 35.5. The molecule has 4 nitrogen and oxygen atoms in total. The fraction of sp³-hybridized carbons (Fsp3) is 0. The number of carbonyl (C=O) groups is 2. The van der Waals surface area contributed by atoms with Gasteiger partial charge in [0.2, 0.25) is 0 Å². The molecule has 1 N–H and O–H groups in total. The van der Waals surface area contributed by atoms with Crippen molar-refractivity contribution in [1.29, 1.82) is 0 Å². The molecule has 8 heteroatoms. The number of nitrogens with one attached hydrogen (secondary N) is 1. The SMILES string of the molecule is O=C(Nc1c(Cl)cc(Cl)cc1C(=O)[O-])c1cccc(Cl)c1Cl. The number of carboxylic acids is 1. The van der Waals surface area contributed by atoms with Crippen LogP contribution in [0.1, 0.15) is 20.7 Å². The summed E-state index contributed by atoms with van der Waals surface area (Å²) >= 11 is 23.5. The van der Waals surface area contributed by atoms with E-state index in [4.69, 9.17) is 46.4 Å². The number of aromatic carboxylic acids is 1. The highest BCUT2D eigenvalue weighted by molar-refractivity contribution is 6.44. The number of rotatable bonds is 3. The molecule has 0 heterocycles. The molecule has 114 valence electrons. The smallest absolute Gasteiger partial charge is 0.257 e. The van der Waals surface area contributed by atoms with Crippen molar-refractivity contribution in [2.24, 2.45) is 0 Å². The van der Waals surface area contributed by atoms with Gasteiger partial charge in [0.05, 0.1) is 32.3 Å². The van der Waals surface area contributed by atoms with Gasteiger partial charge in [0.1, 0.15) is 0 Å². The fourth-order valence-corrected chi connectivity index (χ4v) is 2.65. The van der Waals surface area contributed by atoms with E-state index in [0.29, 0.717) is 0 Å². The number of carbonyl (C=O) groups excluding carboxylic acids is 2. The first-order chi connectivity index (χ1) is 10.3. The van der Waals surface area contributed by atoms with E-state index in [1.807, 2.05) is 0 Å². The van der Waals surface area contributed by atoms with Crippen LogP contribution in [0, 0.1) is 0 Å².